The molecule has 0 saturated heterocycles. The summed E-state index contributed by atoms with van der Waals surface area (Å²) in [5.41, 5.74) is 8.52. The van der Waals surface area contributed by atoms with E-state index in [9.17, 15) is 22.8 Å². The number of Topliss-reactive ketones (excluding diaryl/α,β-unsaturated/α-hetero) is 1. The smallest absolute Gasteiger partial charge is 0.416 e. The molecule has 0 spiro atoms. The van der Waals surface area contributed by atoms with E-state index in [-0.39, 0.29) is 31.1 Å². The Hall–Kier alpha value is -2.71. The number of ketones is 1. The first-order valence-electron chi connectivity index (χ1n) is 11.7. The van der Waals surface area contributed by atoms with Gasteiger partial charge in [-0.2, -0.15) is 13.2 Å². The number of aryl methyl sites for hydroxylation is 3. The SMILES string of the molecule is CCCCc1c(CCC(=O)c2ccc(CCC(=O)OC)c(CN)c2)sc2cc(C(F)(F)F)ccc12. The number of alkyl halides is 3. The number of rotatable bonds is 11. The average Bonchev–Trinajstić information content (AvgIpc) is 3.20. The molecule has 35 heavy (non-hydrogen) atoms. The van der Waals surface area contributed by atoms with E-state index in [0.29, 0.717) is 23.1 Å². The summed E-state index contributed by atoms with van der Waals surface area (Å²) < 4.78 is 44.9. The number of hydrogen-bond acceptors (Lipinski definition) is 5. The maximum Gasteiger partial charge on any atom is 0.416 e. The monoisotopic (exact) mass is 505 g/mol. The fraction of sp³-hybridized carbons (Fsp3) is 0.407. The first-order chi connectivity index (χ1) is 16.7. The van der Waals surface area contributed by atoms with Crippen molar-refractivity contribution in [2.45, 2.75) is 64.6 Å². The third-order valence-corrected chi connectivity index (χ3v) is 7.39. The Kier molecular flexibility index (Phi) is 9.08. The summed E-state index contributed by atoms with van der Waals surface area (Å²) in [5.74, 6) is -0.355. The van der Waals surface area contributed by atoms with Gasteiger partial charge in [-0.05, 0) is 66.0 Å². The number of thiophene rings is 1. The van der Waals surface area contributed by atoms with E-state index in [0.717, 1.165) is 52.3 Å². The summed E-state index contributed by atoms with van der Waals surface area (Å²) in [5, 5.41) is 0.847. The Morgan fingerprint density at radius 2 is 1.77 bits per heavy atom. The van der Waals surface area contributed by atoms with Gasteiger partial charge in [-0.1, -0.05) is 31.5 Å². The van der Waals surface area contributed by atoms with Gasteiger partial charge < -0.3 is 10.5 Å². The van der Waals surface area contributed by atoms with Gasteiger partial charge in [0.15, 0.2) is 5.78 Å². The molecule has 188 valence electrons. The molecule has 1 heterocycles. The number of hydrogen-bond donors (Lipinski definition) is 1. The minimum absolute atomic E-state index is 0.0471. The standard InChI is InChI=1S/C27H30F3NO3S/c1-3-4-5-21-22-10-9-20(27(28,29)30)15-25(22)35-24(21)12-11-23(32)18-7-6-17(19(14-18)16-31)8-13-26(33)34-2/h6-7,9-10,14-15H,3-5,8,11-13,16,31H2,1-2H3. The van der Waals surface area contributed by atoms with Crippen LogP contribution in [-0.4, -0.2) is 18.9 Å². The largest absolute Gasteiger partial charge is 0.469 e. The quantitative estimate of drug-likeness (QED) is 0.234. The number of methoxy groups -OCH3 is 1. The van der Waals surface area contributed by atoms with Gasteiger partial charge in [0.25, 0.3) is 0 Å². The zero-order valence-electron chi connectivity index (χ0n) is 20.0. The summed E-state index contributed by atoms with van der Waals surface area (Å²) in [6.07, 6.45) is -0.264. The summed E-state index contributed by atoms with van der Waals surface area (Å²) in [6, 6.07) is 9.24. The van der Waals surface area contributed by atoms with Crippen LogP contribution in [0.15, 0.2) is 36.4 Å². The molecular weight excluding hydrogens is 475 g/mol. The van der Waals surface area contributed by atoms with Crippen molar-refractivity contribution >= 4 is 33.2 Å². The van der Waals surface area contributed by atoms with Crippen LogP contribution in [0.3, 0.4) is 0 Å². The lowest BCUT2D eigenvalue weighted by Gasteiger charge is -2.10. The van der Waals surface area contributed by atoms with Crippen molar-refractivity contribution in [2.24, 2.45) is 5.73 Å². The minimum atomic E-state index is -4.39. The number of ether oxygens (including phenoxy) is 1. The van der Waals surface area contributed by atoms with Gasteiger partial charge in [0, 0.05) is 34.5 Å². The van der Waals surface area contributed by atoms with Crippen LogP contribution in [0.2, 0.25) is 0 Å². The van der Waals surface area contributed by atoms with Crippen LogP contribution in [0.4, 0.5) is 13.2 Å². The molecule has 0 saturated carbocycles. The van der Waals surface area contributed by atoms with Gasteiger partial charge in [-0.15, -0.1) is 11.3 Å². The fourth-order valence-corrected chi connectivity index (χ4v) is 5.44. The van der Waals surface area contributed by atoms with Crippen LogP contribution >= 0.6 is 11.3 Å². The fourth-order valence-electron chi connectivity index (χ4n) is 4.15. The van der Waals surface area contributed by atoms with E-state index in [1.54, 1.807) is 18.2 Å². The topological polar surface area (TPSA) is 69.4 Å². The van der Waals surface area contributed by atoms with Crippen molar-refractivity contribution in [3.8, 4) is 0 Å². The summed E-state index contributed by atoms with van der Waals surface area (Å²) in [4.78, 5) is 25.4. The number of unbranched alkanes of at least 4 members (excludes halogenated alkanes) is 1. The number of fused-ring (bicyclic) bond motifs is 1. The van der Waals surface area contributed by atoms with E-state index in [4.69, 9.17) is 5.73 Å². The van der Waals surface area contributed by atoms with E-state index < -0.39 is 11.7 Å². The predicted octanol–water partition coefficient (Wildman–Crippen LogP) is 6.64. The van der Waals surface area contributed by atoms with Gasteiger partial charge >= 0.3 is 12.1 Å². The highest BCUT2D eigenvalue weighted by Crippen LogP contribution is 2.38. The van der Waals surface area contributed by atoms with E-state index in [1.165, 1.54) is 24.5 Å². The lowest BCUT2D eigenvalue weighted by molar-refractivity contribution is -0.140. The number of carbonyl (C=O) groups excluding carboxylic acids is 2. The van der Waals surface area contributed by atoms with Crippen molar-refractivity contribution in [3.05, 3.63) is 69.1 Å². The second kappa shape index (κ2) is 11.8. The molecule has 0 atom stereocenters. The zero-order valence-corrected chi connectivity index (χ0v) is 20.8. The predicted molar refractivity (Wildman–Crippen MR) is 133 cm³/mol. The molecule has 1 aromatic heterocycles. The second-order valence-corrected chi connectivity index (χ2v) is 9.64. The molecule has 0 fully saturated rings. The first kappa shape index (κ1) is 26.9. The molecule has 3 rings (SSSR count). The normalized spacial score (nSPS) is 11.7. The summed E-state index contributed by atoms with van der Waals surface area (Å²) in [6.45, 7) is 2.32. The Morgan fingerprint density at radius 1 is 1.00 bits per heavy atom. The number of carbonyl (C=O) groups is 2. The van der Waals surface area contributed by atoms with Crippen LogP contribution in [0.1, 0.15) is 70.1 Å². The number of benzene rings is 2. The summed E-state index contributed by atoms with van der Waals surface area (Å²) in [7, 11) is 1.34. The molecule has 2 aromatic carbocycles. The molecule has 2 N–H and O–H groups in total. The van der Waals surface area contributed by atoms with Crippen LogP contribution in [-0.2, 0) is 41.5 Å². The van der Waals surface area contributed by atoms with Crippen LogP contribution in [0.5, 0.6) is 0 Å². The lowest BCUT2D eigenvalue weighted by atomic mass is 9.96. The lowest BCUT2D eigenvalue weighted by Crippen LogP contribution is -2.09. The van der Waals surface area contributed by atoms with Crippen molar-refractivity contribution in [2.75, 3.05) is 7.11 Å². The molecule has 0 bridgehead atoms. The third kappa shape index (κ3) is 6.70. The van der Waals surface area contributed by atoms with Crippen molar-refractivity contribution in [3.63, 3.8) is 0 Å². The van der Waals surface area contributed by atoms with E-state index in [1.807, 2.05) is 6.07 Å². The Labute approximate surface area is 207 Å². The maximum absolute atomic E-state index is 13.2. The average molecular weight is 506 g/mol. The molecule has 0 amide bonds. The van der Waals surface area contributed by atoms with Crippen LogP contribution in [0.25, 0.3) is 10.1 Å². The third-order valence-electron chi connectivity index (χ3n) is 6.14. The number of esters is 1. The minimum Gasteiger partial charge on any atom is -0.469 e. The molecule has 0 unspecified atom stereocenters. The second-order valence-electron chi connectivity index (χ2n) is 8.50. The Morgan fingerprint density at radius 3 is 2.43 bits per heavy atom. The van der Waals surface area contributed by atoms with Crippen molar-refractivity contribution in [1.29, 1.82) is 0 Å². The van der Waals surface area contributed by atoms with Gasteiger partial charge in [0.05, 0.1) is 12.7 Å². The number of nitrogens with two attached hydrogens (primary N) is 1. The molecule has 0 radical (unpaired) electrons. The first-order valence-corrected chi connectivity index (χ1v) is 12.5. The highest BCUT2D eigenvalue weighted by atomic mass is 32.1. The molecule has 0 aliphatic heterocycles. The van der Waals surface area contributed by atoms with Gasteiger partial charge in [0.2, 0.25) is 0 Å². The molecule has 4 nitrogen and oxygen atoms in total. The molecule has 8 heteroatoms. The molecular formula is C27H30F3NO3S. The molecule has 0 aliphatic carbocycles. The van der Waals surface area contributed by atoms with E-state index in [2.05, 4.69) is 11.7 Å². The van der Waals surface area contributed by atoms with Crippen LogP contribution in [0, 0.1) is 0 Å². The zero-order chi connectivity index (χ0) is 25.6. The maximum atomic E-state index is 13.2. The molecule has 0 aliphatic rings. The van der Waals surface area contributed by atoms with Gasteiger partial charge in [-0.25, -0.2) is 0 Å². The summed E-state index contributed by atoms with van der Waals surface area (Å²) >= 11 is 1.35. The van der Waals surface area contributed by atoms with Crippen molar-refractivity contribution < 1.29 is 27.5 Å². The number of halogens is 3. The highest BCUT2D eigenvalue weighted by molar-refractivity contribution is 7.19. The van der Waals surface area contributed by atoms with Crippen LogP contribution < -0.4 is 5.73 Å². The Bertz CT molecular complexity index is 1200. The van der Waals surface area contributed by atoms with E-state index >= 15 is 0 Å². The van der Waals surface area contributed by atoms with Gasteiger partial charge in [0.1, 0.15) is 0 Å². The van der Waals surface area contributed by atoms with Gasteiger partial charge in [-0.3, -0.25) is 9.59 Å². The Balaban J connectivity index is 1.80. The highest BCUT2D eigenvalue weighted by Gasteiger charge is 2.31. The molecule has 3 aromatic rings. The van der Waals surface area contributed by atoms with Crippen molar-refractivity contribution in [1.82, 2.24) is 0 Å².